The van der Waals surface area contributed by atoms with Gasteiger partial charge in [-0.1, -0.05) is 42.5 Å². The maximum atomic E-state index is 12.6. The van der Waals surface area contributed by atoms with Crippen molar-refractivity contribution in [2.45, 2.75) is 5.92 Å². The molecule has 0 unspecified atom stereocenters. The van der Waals surface area contributed by atoms with Gasteiger partial charge in [0.15, 0.2) is 5.75 Å². The highest BCUT2D eigenvalue weighted by Gasteiger charge is 2.35. The third-order valence-electron chi connectivity index (χ3n) is 4.11. The van der Waals surface area contributed by atoms with Crippen LogP contribution in [0.4, 0.5) is 0 Å². The summed E-state index contributed by atoms with van der Waals surface area (Å²) in [5.41, 5.74) is 7.15. The van der Waals surface area contributed by atoms with Gasteiger partial charge >= 0.3 is 5.63 Å². The lowest BCUT2D eigenvalue weighted by atomic mass is 9.84. The molecule has 1 aliphatic heterocycles. The number of nitrogens with two attached hydrogens (primary N) is 1. The van der Waals surface area contributed by atoms with E-state index in [1.54, 1.807) is 18.2 Å². The molecular formula is C19H12N2O3. The predicted molar refractivity (Wildman–Crippen MR) is 88.2 cm³/mol. The summed E-state index contributed by atoms with van der Waals surface area (Å²) in [6, 6.07) is 18.4. The van der Waals surface area contributed by atoms with Crippen molar-refractivity contribution in [3.05, 3.63) is 87.6 Å². The average molecular weight is 316 g/mol. The van der Waals surface area contributed by atoms with Gasteiger partial charge in [0.2, 0.25) is 5.88 Å². The van der Waals surface area contributed by atoms with Crippen LogP contribution in [0.3, 0.4) is 0 Å². The Balaban J connectivity index is 2.10. The second-order valence-corrected chi connectivity index (χ2v) is 5.46. The summed E-state index contributed by atoms with van der Waals surface area (Å²) in [4.78, 5) is 12.6. The summed E-state index contributed by atoms with van der Waals surface area (Å²) in [7, 11) is 0. The molecule has 1 atom stereocenters. The van der Waals surface area contributed by atoms with E-state index < -0.39 is 11.5 Å². The van der Waals surface area contributed by atoms with E-state index in [0.717, 1.165) is 5.56 Å². The van der Waals surface area contributed by atoms with Gasteiger partial charge in [-0.15, -0.1) is 0 Å². The fourth-order valence-corrected chi connectivity index (χ4v) is 3.04. The molecule has 24 heavy (non-hydrogen) atoms. The molecule has 2 aromatic carbocycles. The molecule has 0 fully saturated rings. The number of nitriles is 1. The van der Waals surface area contributed by atoms with Crippen LogP contribution in [-0.4, -0.2) is 0 Å². The Morgan fingerprint density at radius 2 is 1.75 bits per heavy atom. The highest BCUT2D eigenvalue weighted by Crippen LogP contribution is 2.43. The van der Waals surface area contributed by atoms with Gasteiger partial charge in [0.05, 0.1) is 16.9 Å². The third-order valence-corrected chi connectivity index (χ3v) is 4.11. The minimum absolute atomic E-state index is 0.00889. The van der Waals surface area contributed by atoms with Gasteiger partial charge in [-0.2, -0.15) is 5.26 Å². The quantitative estimate of drug-likeness (QED) is 0.697. The van der Waals surface area contributed by atoms with Gasteiger partial charge < -0.3 is 14.9 Å². The number of nitrogens with zero attached hydrogens (tertiary/aromatic N) is 1. The average Bonchev–Trinajstić information content (AvgIpc) is 2.61. The summed E-state index contributed by atoms with van der Waals surface area (Å²) in [5.74, 6) is -0.248. The van der Waals surface area contributed by atoms with Crippen LogP contribution in [0, 0.1) is 11.3 Å². The first-order valence-corrected chi connectivity index (χ1v) is 7.39. The van der Waals surface area contributed by atoms with E-state index in [1.165, 1.54) is 0 Å². The third kappa shape index (κ3) is 1.97. The number of hydrogen-bond acceptors (Lipinski definition) is 5. The molecule has 1 aliphatic rings. The van der Waals surface area contributed by atoms with Crippen molar-refractivity contribution in [1.29, 1.82) is 5.26 Å². The maximum Gasteiger partial charge on any atom is 0.344 e. The Kier molecular flexibility index (Phi) is 3.10. The van der Waals surface area contributed by atoms with Crippen LogP contribution in [0.25, 0.3) is 11.0 Å². The second-order valence-electron chi connectivity index (χ2n) is 5.46. The molecule has 0 amide bonds. The Bertz CT molecular complexity index is 1080. The van der Waals surface area contributed by atoms with E-state index in [0.29, 0.717) is 22.3 Å². The van der Waals surface area contributed by atoms with Crippen LogP contribution in [-0.2, 0) is 0 Å². The zero-order valence-corrected chi connectivity index (χ0v) is 12.5. The van der Waals surface area contributed by atoms with Crippen molar-refractivity contribution in [2.75, 3.05) is 0 Å². The molecule has 0 saturated heterocycles. The monoisotopic (exact) mass is 316 g/mol. The first-order valence-electron chi connectivity index (χ1n) is 7.39. The van der Waals surface area contributed by atoms with Crippen LogP contribution < -0.4 is 16.1 Å². The summed E-state index contributed by atoms with van der Waals surface area (Å²) < 4.78 is 11.1. The number of fused-ring (bicyclic) bond motifs is 3. The van der Waals surface area contributed by atoms with Crippen LogP contribution in [0.5, 0.6) is 5.75 Å². The van der Waals surface area contributed by atoms with Gasteiger partial charge in [-0.05, 0) is 17.7 Å². The van der Waals surface area contributed by atoms with Crippen LogP contribution >= 0.6 is 0 Å². The molecule has 0 aliphatic carbocycles. The highest BCUT2D eigenvalue weighted by atomic mass is 16.5. The molecule has 0 spiro atoms. The van der Waals surface area contributed by atoms with E-state index in [4.69, 9.17) is 14.9 Å². The molecule has 2 heterocycles. The number of para-hydroxylation sites is 1. The predicted octanol–water partition coefficient (Wildman–Crippen LogP) is 3.01. The van der Waals surface area contributed by atoms with Gasteiger partial charge in [-0.3, -0.25) is 0 Å². The largest absolute Gasteiger partial charge is 0.439 e. The topological polar surface area (TPSA) is 89.3 Å². The number of allylic oxidation sites excluding steroid dienone is 1. The van der Waals surface area contributed by atoms with E-state index >= 15 is 0 Å². The number of hydrogen-bond donors (Lipinski definition) is 1. The van der Waals surface area contributed by atoms with E-state index in [2.05, 4.69) is 6.07 Å². The van der Waals surface area contributed by atoms with E-state index in [9.17, 15) is 10.1 Å². The summed E-state index contributed by atoms with van der Waals surface area (Å²) in [5, 5.41) is 10.2. The Morgan fingerprint density at radius 3 is 2.50 bits per heavy atom. The molecular weight excluding hydrogens is 304 g/mol. The first-order chi connectivity index (χ1) is 11.7. The van der Waals surface area contributed by atoms with E-state index in [-0.39, 0.29) is 11.5 Å². The second kappa shape index (κ2) is 5.28. The lowest BCUT2D eigenvalue weighted by Crippen LogP contribution is -2.26. The van der Waals surface area contributed by atoms with Crippen LogP contribution in [0.1, 0.15) is 17.0 Å². The van der Waals surface area contributed by atoms with Crippen molar-refractivity contribution in [2.24, 2.45) is 5.73 Å². The number of benzene rings is 2. The van der Waals surface area contributed by atoms with Crippen molar-refractivity contribution < 1.29 is 9.15 Å². The molecule has 4 rings (SSSR count). The van der Waals surface area contributed by atoms with Gasteiger partial charge in [0.25, 0.3) is 0 Å². The zero-order valence-electron chi connectivity index (χ0n) is 12.5. The molecule has 3 aromatic rings. The lowest BCUT2D eigenvalue weighted by molar-refractivity contribution is 0.388. The maximum absolute atomic E-state index is 12.6. The summed E-state index contributed by atoms with van der Waals surface area (Å²) in [6.07, 6.45) is 0. The Labute approximate surface area is 137 Å². The van der Waals surface area contributed by atoms with Gasteiger partial charge in [0, 0.05) is 0 Å². The molecule has 2 N–H and O–H groups in total. The summed E-state index contributed by atoms with van der Waals surface area (Å²) in [6.45, 7) is 0. The first kappa shape index (κ1) is 14.1. The minimum atomic E-state index is -0.610. The number of ether oxygens (including phenoxy) is 1. The summed E-state index contributed by atoms with van der Waals surface area (Å²) >= 11 is 0. The van der Waals surface area contributed by atoms with E-state index in [1.807, 2.05) is 36.4 Å². The lowest BCUT2D eigenvalue weighted by Gasteiger charge is -2.25. The van der Waals surface area contributed by atoms with Crippen LogP contribution in [0.2, 0.25) is 0 Å². The SMILES string of the molecule is N#CC1=C(N)Oc2c(c(=O)oc3ccccc23)[C@@H]1c1ccccc1. The fraction of sp³-hybridized carbons (Fsp3) is 0.0526. The zero-order chi connectivity index (χ0) is 16.7. The minimum Gasteiger partial charge on any atom is -0.439 e. The normalized spacial score (nSPS) is 16.4. The van der Waals surface area contributed by atoms with Crippen molar-refractivity contribution in [3.63, 3.8) is 0 Å². The molecule has 0 saturated carbocycles. The molecule has 1 aromatic heterocycles. The molecule has 5 heteroatoms. The Hall–Kier alpha value is -3.52. The van der Waals surface area contributed by atoms with Gasteiger partial charge in [0.1, 0.15) is 17.2 Å². The standard InChI is InChI=1S/C19H12N2O3/c20-10-13-15(11-6-2-1-3-7-11)16-17(24-18(13)21)12-8-4-5-9-14(12)23-19(16)22/h1-9,15H,21H2/t15-/m1/s1. The smallest absolute Gasteiger partial charge is 0.344 e. The van der Waals surface area contributed by atoms with Crippen molar-refractivity contribution in [3.8, 4) is 11.8 Å². The molecule has 5 nitrogen and oxygen atoms in total. The highest BCUT2D eigenvalue weighted by molar-refractivity contribution is 5.85. The number of rotatable bonds is 1. The van der Waals surface area contributed by atoms with Crippen LogP contribution in [0.15, 0.2) is 75.3 Å². The van der Waals surface area contributed by atoms with Crippen molar-refractivity contribution in [1.82, 2.24) is 0 Å². The van der Waals surface area contributed by atoms with Gasteiger partial charge in [-0.25, -0.2) is 4.79 Å². The molecule has 0 radical (unpaired) electrons. The molecule has 116 valence electrons. The Morgan fingerprint density at radius 1 is 1.04 bits per heavy atom. The molecule has 0 bridgehead atoms. The fourth-order valence-electron chi connectivity index (χ4n) is 3.04. The van der Waals surface area contributed by atoms with Crippen molar-refractivity contribution >= 4 is 11.0 Å².